The average Bonchev–Trinajstić information content (AvgIpc) is 3.00. The third-order valence-corrected chi connectivity index (χ3v) is 10.5. The van der Waals surface area contributed by atoms with Crippen molar-refractivity contribution in [3.8, 4) is 0 Å². The van der Waals surface area contributed by atoms with E-state index >= 15 is 0 Å². The van der Waals surface area contributed by atoms with Gasteiger partial charge in [-0.15, -0.1) is 0 Å². The number of sulfonamides is 1. The molecule has 3 heterocycles. The Bertz CT molecular complexity index is 1600. The summed E-state index contributed by atoms with van der Waals surface area (Å²) in [5, 5.41) is 9.87. The molecule has 9 nitrogen and oxygen atoms in total. The van der Waals surface area contributed by atoms with Crippen LogP contribution in [0.2, 0.25) is 0 Å². The van der Waals surface area contributed by atoms with E-state index in [1.165, 1.54) is 21.3 Å². The van der Waals surface area contributed by atoms with Crippen LogP contribution < -0.4 is 0 Å². The SMILES string of the molecule is Cc1ccc(S(=O)(=O)N2CCN(C(=O)O)[C@H]3CO[C@@H](C(=O)N4CCc5ccccc5[C@@H]4c4ccc(F)cc4)C[C@@H]32)cc1. The van der Waals surface area contributed by atoms with Crippen LogP contribution in [0, 0.1) is 12.7 Å². The largest absolute Gasteiger partial charge is 0.465 e. The van der Waals surface area contributed by atoms with E-state index < -0.39 is 40.3 Å². The van der Waals surface area contributed by atoms with Crippen molar-refractivity contribution >= 4 is 22.0 Å². The number of nitrogens with zero attached hydrogens (tertiary/aromatic N) is 3. The molecule has 0 aliphatic carbocycles. The average molecular weight is 594 g/mol. The standard InChI is InChI=1S/C31H32FN3O6S/c1-20-6-12-24(13-7-20)42(39,40)35-17-16-33(31(37)38)27-19-41-28(18-26(27)35)30(36)34-15-14-21-4-2-3-5-25(21)29(34)22-8-10-23(32)11-9-22/h2-13,26-29H,14-19H2,1H3,(H,37,38)/t26-,27-,28+,29-/m0/s1. The van der Waals surface area contributed by atoms with Crippen molar-refractivity contribution in [1.82, 2.24) is 14.1 Å². The summed E-state index contributed by atoms with van der Waals surface area (Å²) >= 11 is 0. The minimum Gasteiger partial charge on any atom is -0.465 e. The van der Waals surface area contributed by atoms with Gasteiger partial charge >= 0.3 is 6.09 Å². The number of fused-ring (bicyclic) bond motifs is 2. The van der Waals surface area contributed by atoms with Gasteiger partial charge in [0.05, 0.1) is 29.6 Å². The number of carbonyl (C=O) groups is 2. The maximum Gasteiger partial charge on any atom is 0.407 e. The minimum absolute atomic E-state index is 0.000879. The molecule has 2 fully saturated rings. The van der Waals surface area contributed by atoms with Gasteiger partial charge in [0.15, 0.2) is 0 Å². The van der Waals surface area contributed by atoms with E-state index in [9.17, 15) is 27.5 Å². The van der Waals surface area contributed by atoms with Crippen molar-refractivity contribution in [2.75, 3.05) is 26.2 Å². The Morgan fingerprint density at radius 3 is 2.33 bits per heavy atom. The van der Waals surface area contributed by atoms with E-state index in [0.717, 1.165) is 22.3 Å². The van der Waals surface area contributed by atoms with E-state index in [1.807, 2.05) is 31.2 Å². The maximum atomic E-state index is 14.2. The van der Waals surface area contributed by atoms with Crippen molar-refractivity contribution in [3.05, 3.63) is 101 Å². The van der Waals surface area contributed by atoms with Crippen LogP contribution in [0.1, 0.15) is 34.7 Å². The summed E-state index contributed by atoms with van der Waals surface area (Å²) in [4.78, 5) is 29.3. The van der Waals surface area contributed by atoms with Crippen LogP contribution >= 0.6 is 0 Å². The molecule has 0 bridgehead atoms. The summed E-state index contributed by atoms with van der Waals surface area (Å²) in [5.74, 6) is -0.685. The number of piperazine rings is 1. The number of carbonyl (C=O) groups excluding carboxylic acids is 1. The van der Waals surface area contributed by atoms with Crippen LogP contribution in [0.3, 0.4) is 0 Å². The smallest absolute Gasteiger partial charge is 0.407 e. The van der Waals surface area contributed by atoms with Crippen LogP contribution in [-0.2, 0) is 26.0 Å². The van der Waals surface area contributed by atoms with Gasteiger partial charge < -0.3 is 19.6 Å². The van der Waals surface area contributed by atoms with Crippen LogP contribution in [-0.4, -0.2) is 84.1 Å². The van der Waals surface area contributed by atoms with Crippen LogP contribution in [0.5, 0.6) is 0 Å². The molecule has 0 unspecified atom stereocenters. The molecule has 4 atom stereocenters. The molecular formula is C31H32FN3O6S. The molecule has 0 radical (unpaired) electrons. The molecule has 6 rings (SSSR count). The molecule has 220 valence electrons. The summed E-state index contributed by atoms with van der Waals surface area (Å²) in [5.41, 5.74) is 3.71. The van der Waals surface area contributed by atoms with E-state index in [4.69, 9.17) is 4.74 Å². The van der Waals surface area contributed by atoms with Crippen molar-refractivity contribution in [3.63, 3.8) is 0 Å². The zero-order valence-electron chi connectivity index (χ0n) is 23.1. The van der Waals surface area contributed by atoms with Crippen molar-refractivity contribution in [1.29, 1.82) is 0 Å². The highest BCUT2D eigenvalue weighted by atomic mass is 32.2. The summed E-state index contributed by atoms with van der Waals surface area (Å²) in [6.45, 7) is 2.13. The minimum atomic E-state index is -3.97. The van der Waals surface area contributed by atoms with Gasteiger partial charge in [0, 0.05) is 26.1 Å². The summed E-state index contributed by atoms with van der Waals surface area (Å²) < 4.78 is 48.8. The Hall–Kier alpha value is -3.80. The predicted molar refractivity (Wildman–Crippen MR) is 152 cm³/mol. The van der Waals surface area contributed by atoms with Crippen LogP contribution in [0.15, 0.2) is 77.7 Å². The van der Waals surface area contributed by atoms with Gasteiger partial charge in [-0.3, -0.25) is 4.79 Å². The molecule has 3 aromatic rings. The van der Waals surface area contributed by atoms with Gasteiger partial charge in [0.1, 0.15) is 11.9 Å². The molecule has 3 aliphatic rings. The number of aryl methyl sites for hydroxylation is 1. The maximum absolute atomic E-state index is 14.2. The monoisotopic (exact) mass is 593 g/mol. The molecule has 1 N–H and O–H groups in total. The quantitative estimate of drug-likeness (QED) is 0.493. The lowest BCUT2D eigenvalue weighted by Gasteiger charge is -2.50. The number of halogens is 1. The second-order valence-corrected chi connectivity index (χ2v) is 12.9. The summed E-state index contributed by atoms with van der Waals surface area (Å²) in [6, 6.07) is 18.4. The van der Waals surface area contributed by atoms with Gasteiger partial charge in [-0.25, -0.2) is 17.6 Å². The Balaban J connectivity index is 1.32. The first-order valence-electron chi connectivity index (χ1n) is 14.0. The summed E-state index contributed by atoms with van der Waals surface area (Å²) in [7, 11) is -3.97. The highest BCUT2D eigenvalue weighted by molar-refractivity contribution is 7.89. The van der Waals surface area contributed by atoms with Crippen molar-refractivity contribution in [2.45, 2.75) is 48.9 Å². The van der Waals surface area contributed by atoms with E-state index in [-0.39, 0.29) is 42.7 Å². The first kappa shape index (κ1) is 28.3. The molecule has 3 aliphatic heterocycles. The number of benzene rings is 3. The molecule has 0 saturated carbocycles. The Kier molecular flexibility index (Phi) is 7.50. The van der Waals surface area contributed by atoms with Gasteiger partial charge in [0.25, 0.3) is 5.91 Å². The van der Waals surface area contributed by atoms with E-state index in [0.29, 0.717) is 13.0 Å². The number of amides is 2. The Morgan fingerprint density at radius 2 is 1.62 bits per heavy atom. The first-order chi connectivity index (χ1) is 20.1. The third kappa shape index (κ3) is 5.05. The predicted octanol–water partition coefficient (Wildman–Crippen LogP) is 3.82. The van der Waals surface area contributed by atoms with E-state index in [1.54, 1.807) is 41.3 Å². The molecule has 0 aromatic heterocycles. The first-order valence-corrected chi connectivity index (χ1v) is 15.4. The fraction of sp³-hybridized carbons (Fsp3) is 0.355. The third-order valence-electron chi connectivity index (χ3n) is 8.60. The molecule has 0 spiro atoms. The van der Waals surface area contributed by atoms with Gasteiger partial charge in [-0.2, -0.15) is 4.31 Å². The molecule has 42 heavy (non-hydrogen) atoms. The normalized spacial score (nSPS) is 24.5. The van der Waals surface area contributed by atoms with Gasteiger partial charge in [-0.1, -0.05) is 54.1 Å². The van der Waals surface area contributed by atoms with Gasteiger partial charge in [0.2, 0.25) is 10.0 Å². The number of rotatable bonds is 4. The highest BCUT2D eigenvalue weighted by Crippen LogP contribution is 2.38. The number of carboxylic acid groups (broad SMARTS) is 1. The lowest BCUT2D eigenvalue weighted by molar-refractivity contribution is -0.155. The van der Waals surface area contributed by atoms with Crippen LogP contribution in [0.4, 0.5) is 9.18 Å². The number of ether oxygens (including phenoxy) is 1. The molecular weight excluding hydrogens is 561 g/mol. The summed E-state index contributed by atoms with van der Waals surface area (Å²) in [6.07, 6.45) is -1.51. The second-order valence-electron chi connectivity index (χ2n) is 11.0. The topological polar surface area (TPSA) is 107 Å². The zero-order valence-corrected chi connectivity index (χ0v) is 23.9. The molecule has 3 aromatic carbocycles. The number of hydrogen-bond acceptors (Lipinski definition) is 5. The molecule has 11 heteroatoms. The van der Waals surface area contributed by atoms with Crippen LogP contribution in [0.25, 0.3) is 0 Å². The highest BCUT2D eigenvalue weighted by Gasteiger charge is 2.50. The second kappa shape index (κ2) is 11.1. The lowest BCUT2D eigenvalue weighted by atomic mass is 9.87. The Morgan fingerprint density at radius 1 is 0.905 bits per heavy atom. The number of hydrogen-bond donors (Lipinski definition) is 1. The fourth-order valence-corrected chi connectivity index (χ4v) is 8.12. The zero-order chi connectivity index (χ0) is 29.6. The molecule has 2 amide bonds. The van der Waals surface area contributed by atoms with E-state index in [2.05, 4.69) is 0 Å². The lowest BCUT2D eigenvalue weighted by Crippen LogP contribution is -2.67. The molecule has 2 saturated heterocycles. The van der Waals surface area contributed by atoms with Crippen molar-refractivity contribution < 1.29 is 32.2 Å². The van der Waals surface area contributed by atoms with Crippen molar-refractivity contribution in [2.24, 2.45) is 0 Å². The van der Waals surface area contributed by atoms with Gasteiger partial charge in [-0.05, 0) is 54.3 Å². The Labute approximate surface area is 244 Å². The fourth-order valence-electron chi connectivity index (χ4n) is 6.46.